The Hall–Kier alpha value is -6.14. The maximum Gasteiger partial charge on any atom is 0.333 e. The van der Waals surface area contributed by atoms with E-state index in [1.165, 1.54) is 22.3 Å². The molecule has 0 fully saturated rings. The standard InChI is InChI=1S/C45H38O6/c1-29(2)43(46)50-23-21-48-37-19-15-31-25-35(17-13-33(31)27-37)45(41-11-7-5-9-39(41)40-10-6-8-12-42(40)45)36-18-14-34-28-38(20-16-32(34)26-36)49-22-24-51-44(47)30(3)4/h5-20,25-28H,1,3,21-24H2,2,4H3. The monoisotopic (exact) mass is 674 g/mol. The fraction of sp³-hybridized carbons (Fsp3) is 0.156. The number of hydrogen-bond donors (Lipinski definition) is 0. The summed E-state index contributed by atoms with van der Waals surface area (Å²) in [7, 11) is 0. The summed E-state index contributed by atoms with van der Waals surface area (Å²) in [5.41, 5.74) is 7.40. The zero-order valence-electron chi connectivity index (χ0n) is 28.7. The van der Waals surface area contributed by atoms with E-state index in [1.54, 1.807) is 13.8 Å². The van der Waals surface area contributed by atoms with Gasteiger partial charge in [0.15, 0.2) is 0 Å². The molecule has 0 amide bonds. The van der Waals surface area contributed by atoms with Crippen molar-refractivity contribution >= 4 is 33.5 Å². The van der Waals surface area contributed by atoms with Crippen molar-refractivity contribution in [2.45, 2.75) is 19.3 Å². The molecule has 0 aliphatic heterocycles. The summed E-state index contributed by atoms with van der Waals surface area (Å²) in [5, 5.41) is 4.27. The molecule has 6 nitrogen and oxygen atoms in total. The summed E-state index contributed by atoms with van der Waals surface area (Å²) in [6, 6.07) is 42.8. The molecule has 6 aromatic rings. The van der Waals surface area contributed by atoms with Crippen molar-refractivity contribution in [2.75, 3.05) is 26.4 Å². The number of rotatable bonds is 12. The number of carbonyl (C=O) groups excluding carboxylic acids is 2. The van der Waals surface area contributed by atoms with Crippen molar-refractivity contribution in [1.82, 2.24) is 0 Å². The minimum atomic E-state index is -0.569. The predicted molar refractivity (Wildman–Crippen MR) is 201 cm³/mol. The summed E-state index contributed by atoms with van der Waals surface area (Å²) in [4.78, 5) is 23.4. The third-order valence-corrected chi connectivity index (χ3v) is 9.31. The molecule has 6 heteroatoms. The third kappa shape index (κ3) is 6.37. The molecule has 0 saturated carbocycles. The minimum absolute atomic E-state index is 0.150. The number of carbonyl (C=O) groups is 2. The van der Waals surface area contributed by atoms with Gasteiger partial charge in [0.25, 0.3) is 0 Å². The Labute approximate surface area is 297 Å². The summed E-state index contributed by atoms with van der Waals surface area (Å²) in [5.74, 6) is 0.571. The lowest BCUT2D eigenvalue weighted by molar-refractivity contribution is -0.140. The maximum atomic E-state index is 11.7. The van der Waals surface area contributed by atoms with Gasteiger partial charge in [-0.25, -0.2) is 9.59 Å². The molecule has 254 valence electrons. The Balaban J connectivity index is 1.25. The second kappa shape index (κ2) is 14.0. The van der Waals surface area contributed by atoms with Gasteiger partial charge >= 0.3 is 11.9 Å². The molecule has 0 aromatic heterocycles. The molecule has 0 bridgehead atoms. The summed E-state index contributed by atoms with van der Waals surface area (Å²) < 4.78 is 22.2. The van der Waals surface area contributed by atoms with Gasteiger partial charge in [0.05, 0.1) is 5.41 Å². The van der Waals surface area contributed by atoms with Crippen LogP contribution in [0.5, 0.6) is 11.5 Å². The average Bonchev–Trinajstić information content (AvgIpc) is 3.45. The molecule has 0 unspecified atom stereocenters. The Morgan fingerprint density at radius 3 is 1.33 bits per heavy atom. The normalized spacial score (nSPS) is 12.5. The Morgan fingerprint density at radius 2 is 0.902 bits per heavy atom. The fourth-order valence-electron chi connectivity index (χ4n) is 6.95. The van der Waals surface area contributed by atoms with E-state index in [9.17, 15) is 9.59 Å². The van der Waals surface area contributed by atoms with Crippen LogP contribution in [-0.4, -0.2) is 38.4 Å². The second-order valence-electron chi connectivity index (χ2n) is 12.8. The van der Waals surface area contributed by atoms with Gasteiger partial charge in [-0.15, -0.1) is 0 Å². The van der Waals surface area contributed by atoms with E-state index in [0.29, 0.717) is 22.6 Å². The topological polar surface area (TPSA) is 71.1 Å². The van der Waals surface area contributed by atoms with Crippen LogP contribution in [0.1, 0.15) is 36.1 Å². The number of hydrogen-bond acceptors (Lipinski definition) is 6. The first-order valence-electron chi connectivity index (χ1n) is 16.9. The van der Waals surface area contributed by atoms with Crippen molar-refractivity contribution in [1.29, 1.82) is 0 Å². The first-order valence-corrected chi connectivity index (χ1v) is 16.9. The highest BCUT2D eigenvalue weighted by atomic mass is 16.6. The second-order valence-corrected chi connectivity index (χ2v) is 12.8. The van der Waals surface area contributed by atoms with Crippen LogP contribution in [0.15, 0.2) is 146 Å². The van der Waals surface area contributed by atoms with Crippen LogP contribution in [0, 0.1) is 0 Å². The average molecular weight is 675 g/mol. The van der Waals surface area contributed by atoms with Crippen LogP contribution < -0.4 is 9.47 Å². The number of esters is 2. The van der Waals surface area contributed by atoms with Gasteiger partial charge in [0.2, 0.25) is 0 Å². The van der Waals surface area contributed by atoms with Gasteiger partial charge in [-0.3, -0.25) is 0 Å². The van der Waals surface area contributed by atoms with Crippen molar-refractivity contribution in [3.8, 4) is 22.6 Å². The van der Waals surface area contributed by atoms with Gasteiger partial charge in [0, 0.05) is 11.1 Å². The summed E-state index contributed by atoms with van der Waals surface area (Å²) >= 11 is 0. The lowest BCUT2D eigenvalue weighted by atomic mass is 9.67. The molecule has 0 atom stereocenters. The fourth-order valence-corrected chi connectivity index (χ4v) is 6.95. The van der Waals surface area contributed by atoms with E-state index < -0.39 is 17.4 Å². The van der Waals surface area contributed by atoms with E-state index in [4.69, 9.17) is 18.9 Å². The molecule has 0 heterocycles. The van der Waals surface area contributed by atoms with E-state index in [0.717, 1.165) is 32.7 Å². The Kier molecular flexibility index (Phi) is 9.16. The lowest BCUT2D eigenvalue weighted by Crippen LogP contribution is -2.28. The molecule has 6 aromatic carbocycles. The largest absolute Gasteiger partial charge is 0.490 e. The molecule has 1 aliphatic carbocycles. The minimum Gasteiger partial charge on any atom is -0.490 e. The first-order chi connectivity index (χ1) is 24.8. The van der Waals surface area contributed by atoms with Crippen LogP contribution >= 0.6 is 0 Å². The highest BCUT2D eigenvalue weighted by Gasteiger charge is 2.46. The van der Waals surface area contributed by atoms with E-state index in [1.807, 2.05) is 24.3 Å². The molecule has 0 radical (unpaired) electrons. The van der Waals surface area contributed by atoms with Crippen molar-refractivity contribution in [3.05, 3.63) is 168 Å². The number of ether oxygens (including phenoxy) is 4. The van der Waals surface area contributed by atoms with Crippen LogP contribution in [-0.2, 0) is 24.5 Å². The zero-order chi connectivity index (χ0) is 35.5. The Bertz CT molecular complexity index is 2170. The van der Waals surface area contributed by atoms with E-state index in [2.05, 4.69) is 110 Å². The molecular weight excluding hydrogens is 636 g/mol. The van der Waals surface area contributed by atoms with Crippen LogP contribution in [0.4, 0.5) is 0 Å². The van der Waals surface area contributed by atoms with Gasteiger partial charge in [-0.1, -0.05) is 98.1 Å². The molecule has 0 spiro atoms. The summed E-state index contributed by atoms with van der Waals surface area (Å²) in [6.07, 6.45) is 0. The molecule has 7 rings (SSSR count). The molecule has 51 heavy (non-hydrogen) atoms. The molecule has 0 saturated heterocycles. The number of benzene rings is 6. The van der Waals surface area contributed by atoms with Gasteiger partial charge in [0.1, 0.15) is 37.9 Å². The van der Waals surface area contributed by atoms with Gasteiger partial charge in [-0.2, -0.15) is 0 Å². The molecule has 1 aliphatic rings. The lowest BCUT2D eigenvalue weighted by Gasteiger charge is -2.34. The smallest absolute Gasteiger partial charge is 0.333 e. The third-order valence-electron chi connectivity index (χ3n) is 9.31. The maximum absolute atomic E-state index is 11.7. The van der Waals surface area contributed by atoms with E-state index >= 15 is 0 Å². The van der Waals surface area contributed by atoms with Crippen molar-refractivity contribution in [3.63, 3.8) is 0 Å². The van der Waals surface area contributed by atoms with Gasteiger partial charge in [-0.05, 0) is 105 Å². The van der Waals surface area contributed by atoms with Crippen LogP contribution in [0.2, 0.25) is 0 Å². The van der Waals surface area contributed by atoms with Crippen molar-refractivity contribution < 1.29 is 28.5 Å². The number of fused-ring (bicyclic) bond motifs is 5. The summed E-state index contributed by atoms with van der Waals surface area (Å²) in [6.45, 7) is 11.3. The van der Waals surface area contributed by atoms with Crippen LogP contribution in [0.25, 0.3) is 32.7 Å². The first kappa shape index (κ1) is 33.4. The SMILES string of the molecule is C=C(C)C(=O)OCCOc1ccc2cc(C3(c4ccc5cc(OCCOC(=O)C(=C)C)ccc5c4)c4ccccc4-c4ccccc43)ccc2c1. The van der Waals surface area contributed by atoms with E-state index in [-0.39, 0.29) is 26.4 Å². The van der Waals surface area contributed by atoms with Crippen molar-refractivity contribution in [2.24, 2.45) is 0 Å². The Morgan fingerprint density at radius 1 is 0.510 bits per heavy atom. The van der Waals surface area contributed by atoms with Gasteiger partial charge < -0.3 is 18.9 Å². The highest BCUT2D eigenvalue weighted by molar-refractivity contribution is 5.92. The van der Waals surface area contributed by atoms with Crippen LogP contribution in [0.3, 0.4) is 0 Å². The quantitative estimate of drug-likeness (QED) is 0.0731. The predicted octanol–water partition coefficient (Wildman–Crippen LogP) is 9.35. The highest BCUT2D eigenvalue weighted by Crippen LogP contribution is 2.56. The molecule has 0 N–H and O–H groups in total. The molecular formula is C45H38O6. The zero-order valence-corrected chi connectivity index (χ0v) is 28.7.